The van der Waals surface area contributed by atoms with Crippen molar-refractivity contribution in [1.82, 2.24) is 24.4 Å². The highest BCUT2D eigenvalue weighted by molar-refractivity contribution is 7.13. The largest absolute Gasteiger partial charge is 0.477 e. The highest BCUT2D eigenvalue weighted by Gasteiger charge is 2.28. The molecule has 9 nitrogen and oxygen atoms in total. The number of carbonyl (C=O) groups excluding carboxylic acids is 1. The van der Waals surface area contributed by atoms with Crippen LogP contribution in [0.25, 0.3) is 11.2 Å². The van der Waals surface area contributed by atoms with Crippen molar-refractivity contribution < 1.29 is 23.8 Å². The first-order valence-electron chi connectivity index (χ1n) is 13.2. The summed E-state index contributed by atoms with van der Waals surface area (Å²) >= 11 is 7.14. The van der Waals surface area contributed by atoms with Gasteiger partial charge < -0.3 is 19.3 Å². The molecular formula is C28H27ClFN5O4S. The van der Waals surface area contributed by atoms with Crippen molar-refractivity contribution in [3.05, 3.63) is 74.3 Å². The molecule has 0 radical (unpaired) electrons. The first kappa shape index (κ1) is 26.8. The number of fused-ring (bicyclic) bond motifs is 1. The first-order valence-corrected chi connectivity index (χ1v) is 14.4. The lowest BCUT2D eigenvalue weighted by Gasteiger charge is -2.32. The Morgan fingerprint density at radius 1 is 1.15 bits per heavy atom. The Bertz CT molecular complexity index is 1580. The number of likely N-dealkylation sites (tertiary alicyclic amines) is 1. The fraction of sp³-hybridized carbons (Fsp3) is 0.393. The van der Waals surface area contributed by atoms with E-state index in [1.165, 1.54) is 23.5 Å². The van der Waals surface area contributed by atoms with Gasteiger partial charge in [-0.05, 0) is 55.0 Å². The fourth-order valence-corrected chi connectivity index (χ4v) is 6.28. The van der Waals surface area contributed by atoms with E-state index in [9.17, 15) is 19.1 Å². The van der Waals surface area contributed by atoms with Crippen LogP contribution in [0.4, 0.5) is 4.39 Å². The first-order chi connectivity index (χ1) is 19.3. The Labute approximate surface area is 238 Å². The van der Waals surface area contributed by atoms with Crippen LogP contribution in [0.3, 0.4) is 0 Å². The Hall–Kier alpha value is -3.41. The summed E-state index contributed by atoms with van der Waals surface area (Å²) in [5.41, 5.74) is 1.74. The predicted molar refractivity (Wildman–Crippen MR) is 148 cm³/mol. The summed E-state index contributed by atoms with van der Waals surface area (Å²) in [6.07, 6.45) is 5.36. The Balaban J connectivity index is 1.10. The van der Waals surface area contributed by atoms with Gasteiger partial charge in [0.1, 0.15) is 17.2 Å². The number of pyridine rings is 1. The molecule has 0 saturated carbocycles. The van der Waals surface area contributed by atoms with Crippen molar-refractivity contribution in [1.29, 1.82) is 0 Å². The van der Waals surface area contributed by atoms with E-state index in [0.29, 0.717) is 65.2 Å². The lowest BCUT2D eigenvalue weighted by Crippen LogP contribution is -2.39. The fourth-order valence-electron chi connectivity index (χ4n) is 5.22. The Morgan fingerprint density at radius 3 is 2.65 bits per heavy atom. The number of imidazole rings is 1. The molecule has 6 rings (SSSR count). The predicted octanol–water partition coefficient (Wildman–Crippen LogP) is 4.85. The van der Waals surface area contributed by atoms with E-state index in [-0.39, 0.29) is 23.5 Å². The van der Waals surface area contributed by atoms with Crippen LogP contribution in [-0.2, 0) is 24.1 Å². The van der Waals surface area contributed by atoms with E-state index in [0.717, 1.165) is 36.6 Å². The average molecular weight is 584 g/mol. The number of thiazole rings is 1. The maximum atomic E-state index is 14.2. The van der Waals surface area contributed by atoms with Crippen LogP contribution in [0.5, 0.6) is 0 Å². The lowest BCUT2D eigenvalue weighted by molar-refractivity contribution is -0.0591. The van der Waals surface area contributed by atoms with Crippen LogP contribution in [0, 0.1) is 11.7 Å². The molecule has 1 unspecified atom stereocenters. The van der Waals surface area contributed by atoms with E-state index < -0.39 is 5.97 Å². The number of nitrogens with zero attached hydrogens (tertiary/aromatic N) is 5. The minimum Gasteiger partial charge on any atom is -0.477 e. The number of halogens is 2. The summed E-state index contributed by atoms with van der Waals surface area (Å²) in [7, 11) is 0. The standard InChI is InChI=1S/C28H27ClFN5O4S/c29-18-2-1-17(21(30)13-18)12-20-14-31-26(40-20)27(36)34-8-5-16(6-9-34)11-24-32-22-3-4-23(28(37)38)33-25(22)35(24)15-19-7-10-39-19/h1-4,13-14,16,19H,5-12,15H2,(H,37,38). The molecule has 0 aliphatic carbocycles. The van der Waals surface area contributed by atoms with Gasteiger partial charge in [0.25, 0.3) is 5.91 Å². The molecule has 1 amide bonds. The topological polar surface area (TPSA) is 110 Å². The van der Waals surface area contributed by atoms with Crippen molar-refractivity contribution in [3.63, 3.8) is 0 Å². The molecule has 3 aromatic heterocycles. The molecule has 40 heavy (non-hydrogen) atoms. The quantitative estimate of drug-likeness (QED) is 0.316. The summed E-state index contributed by atoms with van der Waals surface area (Å²) < 4.78 is 21.8. The van der Waals surface area contributed by atoms with Gasteiger partial charge in [0.15, 0.2) is 16.3 Å². The van der Waals surface area contributed by atoms with Crippen molar-refractivity contribution in [2.45, 2.75) is 44.8 Å². The summed E-state index contributed by atoms with van der Waals surface area (Å²) in [5, 5.41) is 10.2. The molecule has 2 fully saturated rings. The highest BCUT2D eigenvalue weighted by Crippen LogP contribution is 2.28. The van der Waals surface area contributed by atoms with Crippen molar-refractivity contribution in [2.75, 3.05) is 19.7 Å². The number of rotatable bonds is 8. The zero-order chi connectivity index (χ0) is 27.8. The van der Waals surface area contributed by atoms with Crippen LogP contribution < -0.4 is 0 Å². The van der Waals surface area contributed by atoms with E-state index in [4.69, 9.17) is 21.3 Å². The van der Waals surface area contributed by atoms with Gasteiger partial charge in [-0.25, -0.2) is 24.1 Å². The number of hydrogen-bond donors (Lipinski definition) is 1. The highest BCUT2D eigenvalue weighted by atomic mass is 35.5. The molecule has 1 N–H and O–H groups in total. The van der Waals surface area contributed by atoms with Crippen LogP contribution in [0.2, 0.25) is 5.02 Å². The van der Waals surface area contributed by atoms with Crippen LogP contribution in [0.15, 0.2) is 36.5 Å². The molecule has 5 heterocycles. The number of carboxylic acids is 1. The van der Waals surface area contributed by atoms with Gasteiger partial charge in [0, 0.05) is 48.6 Å². The molecule has 0 bridgehead atoms. The third kappa shape index (κ3) is 5.59. The zero-order valence-electron chi connectivity index (χ0n) is 21.6. The van der Waals surface area contributed by atoms with Gasteiger partial charge in [-0.15, -0.1) is 11.3 Å². The number of piperidine rings is 1. The van der Waals surface area contributed by atoms with Crippen molar-refractivity contribution >= 4 is 46.0 Å². The van der Waals surface area contributed by atoms with E-state index in [1.54, 1.807) is 24.4 Å². The second-order valence-electron chi connectivity index (χ2n) is 10.2. The number of aromatic carboxylic acids is 1. The third-order valence-corrected chi connectivity index (χ3v) is 8.78. The Morgan fingerprint density at radius 2 is 1.95 bits per heavy atom. The monoisotopic (exact) mass is 583 g/mol. The van der Waals surface area contributed by atoms with Crippen LogP contribution in [-0.4, -0.2) is 67.2 Å². The maximum Gasteiger partial charge on any atom is 0.354 e. The van der Waals surface area contributed by atoms with E-state index in [1.807, 2.05) is 9.47 Å². The molecule has 12 heteroatoms. The number of hydrogen-bond acceptors (Lipinski definition) is 7. The van der Waals surface area contributed by atoms with Crippen molar-refractivity contribution in [3.8, 4) is 0 Å². The van der Waals surface area contributed by atoms with Gasteiger partial charge in [-0.2, -0.15) is 0 Å². The number of carbonyl (C=O) groups is 2. The number of ether oxygens (including phenoxy) is 1. The maximum absolute atomic E-state index is 14.2. The van der Waals surface area contributed by atoms with Gasteiger partial charge >= 0.3 is 5.97 Å². The van der Waals surface area contributed by atoms with E-state index in [2.05, 4.69) is 9.97 Å². The number of carboxylic acid groups (broad SMARTS) is 1. The molecule has 1 atom stereocenters. The third-order valence-electron chi connectivity index (χ3n) is 7.56. The molecule has 2 aliphatic rings. The minimum atomic E-state index is -1.07. The number of aromatic nitrogens is 4. The summed E-state index contributed by atoms with van der Waals surface area (Å²) in [4.78, 5) is 40.8. The number of amides is 1. The second-order valence-corrected chi connectivity index (χ2v) is 11.8. The van der Waals surface area contributed by atoms with Gasteiger partial charge in [0.2, 0.25) is 0 Å². The molecule has 208 valence electrons. The summed E-state index contributed by atoms with van der Waals surface area (Å²) in [6, 6.07) is 7.77. The van der Waals surface area contributed by atoms with Gasteiger partial charge in [-0.3, -0.25) is 4.79 Å². The molecular weight excluding hydrogens is 557 g/mol. The van der Waals surface area contributed by atoms with Crippen molar-refractivity contribution in [2.24, 2.45) is 5.92 Å². The van der Waals surface area contributed by atoms with Crippen LogP contribution in [0.1, 0.15) is 55.8 Å². The minimum absolute atomic E-state index is 0.00908. The van der Waals surface area contributed by atoms with Gasteiger partial charge in [-0.1, -0.05) is 17.7 Å². The Kier molecular flexibility index (Phi) is 7.52. The normalized spacial score (nSPS) is 17.8. The zero-order valence-corrected chi connectivity index (χ0v) is 23.1. The second kappa shape index (κ2) is 11.2. The number of benzene rings is 1. The summed E-state index contributed by atoms with van der Waals surface area (Å²) in [6.45, 7) is 2.53. The van der Waals surface area contributed by atoms with Crippen LogP contribution >= 0.6 is 22.9 Å². The SMILES string of the molecule is O=C(O)c1ccc2nc(CC3CCN(C(=O)c4ncc(Cc5ccc(Cl)cc5F)s4)CC3)n(CC3CCO3)c2n1. The molecule has 2 saturated heterocycles. The van der Waals surface area contributed by atoms with E-state index >= 15 is 0 Å². The molecule has 1 aromatic carbocycles. The molecule has 0 spiro atoms. The lowest BCUT2D eigenvalue weighted by atomic mass is 9.93. The molecule has 4 aromatic rings. The molecule has 2 aliphatic heterocycles. The summed E-state index contributed by atoms with van der Waals surface area (Å²) in [5.74, 6) is -0.365. The smallest absolute Gasteiger partial charge is 0.354 e. The van der Waals surface area contributed by atoms with Gasteiger partial charge in [0.05, 0.1) is 12.6 Å². The average Bonchev–Trinajstić information content (AvgIpc) is 3.52.